The maximum atomic E-state index is 12.7. The van der Waals surface area contributed by atoms with Gasteiger partial charge in [0.1, 0.15) is 5.82 Å². The van der Waals surface area contributed by atoms with Gasteiger partial charge in [0.05, 0.1) is 31.8 Å². The van der Waals surface area contributed by atoms with Gasteiger partial charge in [-0.25, -0.2) is 4.98 Å². The highest BCUT2D eigenvalue weighted by atomic mass is 16.5. The molecule has 3 aromatic rings. The molecule has 1 saturated heterocycles. The Balaban J connectivity index is 1.51. The highest BCUT2D eigenvalue weighted by molar-refractivity contribution is 6.05. The monoisotopic (exact) mass is 423 g/mol. The molecule has 0 spiro atoms. The molecule has 31 heavy (non-hydrogen) atoms. The third kappa shape index (κ3) is 4.50. The molecule has 4 rings (SSSR count). The maximum absolute atomic E-state index is 12.7. The zero-order valence-electron chi connectivity index (χ0n) is 18.5. The van der Waals surface area contributed by atoms with E-state index in [4.69, 9.17) is 14.5 Å². The van der Waals surface area contributed by atoms with E-state index in [9.17, 15) is 4.79 Å². The number of amides is 1. The van der Waals surface area contributed by atoms with Gasteiger partial charge in [0, 0.05) is 44.5 Å². The van der Waals surface area contributed by atoms with Gasteiger partial charge in [-0.1, -0.05) is 0 Å². The zero-order valence-corrected chi connectivity index (χ0v) is 18.5. The average molecular weight is 424 g/mol. The number of imidazole rings is 1. The second-order valence-corrected chi connectivity index (χ2v) is 7.89. The van der Waals surface area contributed by atoms with Crippen molar-refractivity contribution in [2.75, 3.05) is 52.8 Å². The molecule has 1 amide bonds. The summed E-state index contributed by atoms with van der Waals surface area (Å²) in [5, 5.41) is 2.95. The second-order valence-electron chi connectivity index (χ2n) is 7.89. The van der Waals surface area contributed by atoms with E-state index in [2.05, 4.69) is 26.7 Å². The predicted octanol–water partition coefficient (Wildman–Crippen LogP) is 2.59. The average Bonchev–Trinajstić information content (AvgIpc) is 3.09. The normalized spacial score (nSPS) is 15.2. The summed E-state index contributed by atoms with van der Waals surface area (Å²) < 4.78 is 12.7. The Bertz CT molecular complexity index is 1090. The lowest BCUT2D eigenvalue weighted by Gasteiger charge is -2.31. The van der Waals surface area contributed by atoms with E-state index >= 15 is 0 Å². The minimum Gasteiger partial charge on any atom is -0.493 e. The highest BCUT2D eigenvalue weighted by Gasteiger charge is 2.18. The number of nitrogens with one attached hydrogen (secondary N) is 1. The molecular formula is C23H29N5O3. The zero-order chi connectivity index (χ0) is 22.0. The molecule has 0 saturated carbocycles. The van der Waals surface area contributed by atoms with Crippen molar-refractivity contribution in [1.82, 2.24) is 19.4 Å². The number of ether oxygens (including phenoxy) is 2. The quantitative estimate of drug-likeness (QED) is 0.657. The Hall–Kier alpha value is -3.10. The van der Waals surface area contributed by atoms with Gasteiger partial charge in [0.25, 0.3) is 5.91 Å². The third-order valence-electron chi connectivity index (χ3n) is 5.84. The van der Waals surface area contributed by atoms with Crippen molar-refractivity contribution >= 4 is 22.6 Å². The molecule has 0 bridgehead atoms. The van der Waals surface area contributed by atoms with Gasteiger partial charge in [-0.3, -0.25) is 9.69 Å². The molecule has 0 unspecified atom stereocenters. The largest absolute Gasteiger partial charge is 0.493 e. The van der Waals surface area contributed by atoms with Crippen molar-refractivity contribution in [3.8, 4) is 11.5 Å². The summed E-state index contributed by atoms with van der Waals surface area (Å²) >= 11 is 0. The van der Waals surface area contributed by atoms with E-state index in [-0.39, 0.29) is 5.91 Å². The molecule has 1 aliphatic rings. The Morgan fingerprint density at radius 3 is 2.45 bits per heavy atom. The van der Waals surface area contributed by atoms with Crippen LogP contribution in [0, 0.1) is 0 Å². The molecule has 0 aliphatic carbocycles. The van der Waals surface area contributed by atoms with Crippen molar-refractivity contribution < 1.29 is 14.3 Å². The number of benzene rings is 2. The van der Waals surface area contributed by atoms with Crippen LogP contribution in [0.5, 0.6) is 11.5 Å². The van der Waals surface area contributed by atoms with Gasteiger partial charge in [-0.15, -0.1) is 0 Å². The first-order valence-electron chi connectivity index (χ1n) is 10.4. The number of methoxy groups -OCH3 is 2. The van der Waals surface area contributed by atoms with Gasteiger partial charge >= 0.3 is 0 Å². The summed E-state index contributed by atoms with van der Waals surface area (Å²) in [5.74, 6) is 1.92. The Morgan fingerprint density at radius 1 is 1.00 bits per heavy atom. The lowest BCUT2D eigenvalue weighted by atomic mass is 10.1. The summed E-state index contributed by atoms with van der Waals surface area (Å²) in [6, 6.07) is 10.9. The number of aromatic nitrogens is 2. The molecule has 1 aliphatic heterocycles. The van der Waals surface area contributed by atoms with E-state index < -0.39 is 0 Å². The minimum absolute atomic E-state index is 0.214. The van der Waals surface area contributed by atoms with Crippen LogP contribution >= 0.6 is 0 Å². The van der Waals surface area contributed by atoms with Crippen LogP contribution in [0.15, 0.2) is 36.4 Å². The molecular weight excluding hydrogens is 394 g/mol. The Morgan fingerprint density at radius 2 is 1.74 bits per heavy atom. The number of aryl methyl sites for hydroxylation is 1. The van der Waals surface area contributed by atoms with E-state index in [1.807, 2.05) is 25.2 Å². The fourth-order valence-electron chi connectivity index (χ4n) is 3.86. The van der Waals surface area contributed by atoms with Gasteiger partial charge in [-0.05, 0) is 43.4 Å². The number of carbonyl (C=O) groups is 1. The van der Waals surface area contributed by atoms with Crippen LogP contribution in [0.2, 0.25) is 0 Å². The number of likely N-dealkylation sites (N-methyl/N-ethyl adjacent to an activating group) is 1. The minimum atomic E-state index is -0.214. The molecule has 1 aromatic heterocycles. The Labute approximate surface area is 182 Å². The highest BCUT2D eigenvalue weighted by Crippen LogP contribution is 2.28. The molecule has 0 radical (unpaired) electrons. The summed E-state index contributed by atoms with van der Waals surface area (Å²) in [5.41, 5.74) is 3.12. The molecule has 164 valence electrons. The van der Waals surface area contributed by atoms with E-state index in [1.54, 1.807) is 32.4 Å². The number of anilines is 1. The van der Waals surface area contributed by atoms with Crippen molar-refractivity contribution in [3.63, 3.8) is 0 Å². The summed E-state index contributed by atoms with van der Waals surface area (Å²) in [7, 11) is 7.32. The fourth-order valence-corrected chi connectivity index (χ4v) is 3.86. The van der Waals surface area contributed by atoms with E-state index in [0.29, 0.717) is 22.7 Å². The van der Waals surface area contributed by atoms with Gasteiger partial charge in [-0.2, -0.15) is 0 Å². The van der Waals surface area contributed by atoms with Crippen molar-refractivity contribution in [2.24, 2.45) is 7.05 Å². The molecule has 1 fully saturated rings. The number of nitrogens with zero attached hydrogens (tertiary/aromatic N) is 4. The molecule has 8 nitrogen and oxygen atoms in total. The first-order chi connectivity index (χ1) is 15.0. The van der Waals surface area contributed by atoms with Gasteiger partial charge < -0.3 is 24.3 Å². The standard InChI is InChI=1S/C23H29N5O3/c1-26-9-11-28(12-10-26)15-22-25-18-14-17(6-7-19(18)27(22)2)24-23(29)16-5-8-20(30-3)21(13-16)31-4/h5-8,13-14H,9-12,15H2,1-4H3,(H,24,29). The van der Waals surface area contributed by atoms with Crippen LogP contribution in [0.1, 0.15) is 16.2 Å². The number of hydrogen-bond acceptors (Lipinski definition) is 6. The molecule has 1 N–H and O–H groups in total. The van der Waals surface area contributed by atoms with Gasteiger partial charge in [0.2, 0.25) is 0 Å². The second kappa shape index (κ2) is 8.95. The molecule has 2 heterocycles. The fraction of sp³-hybridized carbons (Fsp3) is 0.391. The maximum Gasteiger partial charge on any atom is 0.255 e. The molecule has 8 heteroatoms. The lowest BCUT2D eigenvalue weighted by Crippen LogP contribution is -2.44. The van der Waals surface area contributed by atoms with Crippen molar-refractivity contribution in [3.05, 3.63) is 47.8 Å². The summed E-state index contributed by atoms with van der Waals surface area (Å²) in [6.45, 7) is 5.08. The number of hydrogen-bond donors (Lipinski definition) is 1. The third-order valence-corrected chi connectivity index (χ3v) is 5.84. The van der Waals surface area contributed by atoms with Crippen LogP contribution in [-0.4, -0.2) is 72.7 Å². The van der Waals surface area contributed by atoms with E-state index in [0.717, 1.165) is 49.6 Å². The predicted molar refractivity (Wildman–Crippen MR) is 121 cm³/mol. The van der Waals surface area contributed by atoms with Crippen LogP contribution in [0.25, 0.3) is 11.0 Å². The first-order valence-corrected chi connectivity index (χ1v) is 10.4. The van der Waals surface area contributed by atoms with E-state index in [1.165, 1.54) is 0 Å². The topological polar surface area (TPSA) is 71.9 Å². The van der Waals surface area contributed by atoms with Crippen LogP contribution in [-0.2, 0) is 13.6 Å². The molecule has 0 atom stereocenters. The van der Waals surface area contributed by atoms with Crippen molar-refractivity contribution in [2.45, 2.75) is 6.54 Å². The Kier molecular flexibility index (Phi) is 6.11. The summed E-state index contributed by atoms with van der Waals surface area (Å²) in [4.78, 5) is 22.3. The first kappa shape index (κ1) is 21.1. The summed E-state index contributed by atoms with van der Waals surface area (Å²) in [6.07, 6.45) is 0. The number of carbonyl (C=O) groups excluding carboxylic acids is 1. The van der Waals surface area contributed by atoms with Crippen LogP contribution < -0.4 is 14.8 Å². The molecule has 2 aromatic carbocycles. The van der Waals surface area contributed by atoms with Crippen LogP contribution in [0.4, 0.5) is 5.69 Å². The smallest absolute Gasteiger partial charge is 0.255 e. The SMILES string of the molecule is COc1ccc(C(=O)Nc2ccc3c(c2)nc(CN2CCN(C)CC2)n3C)cc1OC. The lowest BCUT2D eigenvalue weighted by molar-refractivity contribution is 0.102. The number of rotatable bonds is 6. The van der Waals surface area contributed by atoms with Gasteiger partial charge in [0.15, 0.2) is 11.5 Å². The van der Waals surface area contributed by atoms with Crippen LogP contribution in [0.3, 0.4) is 0 Å². The number of piperazine rings is 1. The number of fused-ring (bicyclic) bond motifs is 1. The van der Waals surface area contributed by atoms with Crippen molar-refractivity contribution in [1.29, 1.82) is 0 Å².